The summed E-state index contributed by atoms with van der Waals surface area (Å²) < 4.78 is 25.8. The van der Waals surface area contributed by atoms with Crippen LogP contribution in [0.3, 0.4) is 0 Å². The van der Waals surface area contributed by atoms with Gasteiger partial charge in [0.15, 0.2) is 0 Å². The summed E-state index contributed by atoms with van der Waals surface area (Å²) in [6.07, 6.45) is 2.63. The molecule has 0 aliphatic carbocycles. The summed E-state index contributed by atoms with van der Waals surface area (Å²) in [6.45, 7) is 7.66. The highest BCUT2D eigenvalue weighted by Crippen LogP contribution is 2.26. The van der Waals surface area contributed by atoms with E-state index in [1.54, 1.807) is 12.1 Å². The van der Waals surface area contributed by atoms with Crippen molar-refractivity contribution in [1.82, 2.24) is 10.2 Å². The summed E-state index contributed by atoms with van der Waals surface area (Å²) in [7, 11) is -3.63. The average Bonchev–Trinajstić information content (AvgIpc) is 3.14. The zero-order chi connectivity index (χ0) is 24.2. The van der Waals surface area contributed by atoms with E-state index in [9.17, 15) is 18.0 Å². The second kappa shape index (κ2) is 9.95. The smallest absolute Gasteiger partial charge is 0.241 e. The molecule has 0 bridgehead atoms. The quantitative estimate of drug-likeness (QED) is 0.641. The molecular formula is C25H33N3O4S. The number of hydrogen-bond acceptors (Lipinski definition) is 4. The molecule has 0 unspecified atom stereocenters. The first-order valence-electron chi connectivity index (χ1n) is 11.1. The Balaban J connectivity index is 1.59. The SMILES string of the molecule is CC(C)(C)c1ccc(N(CC(=O)NCc2ccc(CN3CCCC3=O)cc2)S(C)(=O)=O)cc1. The van der Waals surface area contributed by atoms with E-state index < -0.39 is 10.0 Å². The molecule has 1 saturated heterocycles. The molecule has 1 aliphatic rings. The number of sulfonamides is 1. The van der Waals surface area contributed by atoms with Crippen molar-refractivity contribution in [1.29, 1.82) is 0 Å². The molecule has 0 saturated carbocycles. The largest absolute Gasteiger partial charge is 0.350 e. The molecule has 0 spiro atoms. The molecule has 1 aliphatic heterocycles. The van der Waals surface area contributed by atoms with Crippen LogP contribution in [0.1, 0.15) is 50.3 Å². The highest BCUT2D eigenvalue weighted by atomic mass is 32.2. The van der Waals surface area contributed by atoms with Gasteiger partial charge in [-0.1, -0.05) is 57.2 Å². The Hall–Kier alpha value is -2.87. The number of benzene rings is 2. The lowest BCUT2D eigenvalue weighted by Gasteiger charge is -2.24. The third-order valence-corrected chi connectivity index (χ3v) is 6.91. The van der Waals surface area contributed by atoms with Crippen LogP contribution in [-0.2, 0) is 38.1 Å². The van der Waals surface area contributed by atoms with Crippen LogP contribution in [0.25, 0.3) is 0 Å². The second-order valence-corrected chi connectivity index (χ2v) is 11.5. The maximum atomic E-state index is 12.5. The molecular weight excluding hydrogens is 438 g/mol. The van der Waals surface area contributed by atoms with Crippen LogP contribution >= 0.6 is 0 Å². The van der Waals surface area contributed by atoms with Crippen molar-refractivity contribution < 1.29 is 18.0 Å². The summed E-state index contributed by atoms with van der Waals surface area (Å²) in [5.74, 6) is -0.193. The third-order valence-electron chi connectivity index (χ3n) is 5.77. The van der Waals surface area contributed by atoms with E-state index >= 15 is 0 Å². The molecule has 1 fully saturated rings. The van der Waals surface area contributed by atoms with Gasteiger partial charge in [0.05, 0.1) is 11.9 Å². The van der Waals surface area contributed by atoms with Gasteiger partial charge in [0.25, 0.3) is 0 Å². The molecule has 2 amide bonds. The number of rotatable bonds is 8. The minimum atomic E-state index is -3.63. The number of anilines is 1. The van der Waals surface area contributed by atoms with Crippen LogP contribution in [0.2, 0.25) is 0 Å². The van der Waals surface area contributed by atoms with Crippen molar-refractivity contribution in [2.45, 2.75) is 52.1 Å². The maximum absolute atomic E-state index is 12.5. The van der Waals surface area contributed by atoms with E-state index in [0.29, 0.717) is 25.2 Å². The Morgan fingerprint density at radius 3 is 2.15 bits per heavy atom. The van der Waals surface area contributed by atoms with Crippen molar-refractivity contribution in [3.05, 3.63) is 65.2 Å². The van der Waals surface area contributed by atoms with Crippen LogP contribution in [0, 0.1) is 0 Å². The Morgan fingerprint density at radius 2 is 1.64 bits per heavy atom. The lowest BCUT2D eigenvalue weighted by atomic mass is 9.87. The van der Waals surface area contributed by atoms with Gasteiger partial charge < -0.3 is 10.2 Å². The van der Waals surface area contributed by atoms with Gasteiger partial charge in [-0.3, -0.25) is 13.9 Å². The Bertz CT molecular complexity index is 1090. The van der Waals surface area contributed by atoms with Gasteiger partial charge in [0, 0.05) is 26.1 Å². The normalized spacial score (nSPS) is 14.4. The van der Waals surface area contributed by atoms with Crippen LogP contribution in [0.4, 0.5) is 5.69 Å². The van der Waals surface area contributed by atoms with Gasteiger partial charge in [0.1, 0.15) is 6.54 Å². The fourth-order valence-electron chi connectivity index (χ4n) is 3.77. The fraction of sp³-hybridized carbons (Fsp3) is 0.440. The number of carbonyl (C=O) groups excluding carboxylic acids is 2. The van der Waals surface area contributed by atoms with Gasteiger partial charge >= 0.3 is 0 Å². The monoisotopic (exact) mass is 471 g/mol. The highest BCUT2D eigenvalue weighted by molar-refractivity contribution is 7.92. The van der Waals surface area contributed by atoms with Crippen molar-refractivity contribution in [2.75, 3.05) is 23.7 Å². The minimum absolute atomic E-state index is 0.0502. The predicted octanol–water partition coefficient (Wildman–Crippen LogP) is 3.19. The van der Waals surface area contributed by atoms with Crippen molar-refractivity contribution in [3.63, 3.8) is 0 Å². The molecule has 33 heavy (non-hydrogen) atoms. The lowest BCUT2D eigenvalue weighted by molar-refractivity contribution is -0.128. The van der Waals surface area contributed by atoms with E-state index in [2.05, 4.69) is 26.1 Å². The first-order valence-corrected chi connectivity index (χ1v) is 13.0. The van der Waals surface area contributed by atoms with Gasteiger partial charge in [-0.2, -0.15) is 0 Å². The van der Waals surface area contributed by atoms with E-state index in [4.69, 9.17) is 0 Å². The van der Waals surface area contributed by atoms with Crippen molar-refractivity contribution in [3.8, 4) is 0 Å². The first kappa shape index (κ1) is 24.8. The zero-order valence-corrected chi connectivity index (χ0v) is 20.6. The molecule has 2 aromatic rings. The molecule has 178 valence electrons. The molecule has 3 rings (SSSR count). The van der Waals surface area contributed by atoms with Crippen molar-refractivity contribution in [2.24, 2.45) is 0 Å². The number of nitrogens with zero attached hydrogens (tertiary/aromatic N) is 2. The van der Waals surface area contributed by atoms with Gasteiger partial charge in [0.2, 0.25) is 21.8 Å². The minimum Gasteiger partial charge on any atom is -0.350 e. The summed E-state index contributed by atoms with van der Waals surface area (Å²) in [6, 6.07) is 15.0. The first-order chi connectivity index (χ1) is 15.4. The number of nitrogens with one attached hydrogen (secondary N) is 1. The van der Waals surface area contributed by atoms with Gasteiger partial charge in [-0.15, -0.1) is 0 Å². The molecule has 0 aromatic heterocycles. The molecule has 0 atom stereocenters. The summed E-state index contributed by atoms with van der Waals surface area (Å²) in [5, 5.41) is 2.80. The molecule has 7 nitrogen and oxygen atoms in total. The van der Waals surface area contributed by atoms with E-state index in [0.717, 1.165) is 40.2 Å². The average molecular weight is 472 g/mol. The number of likely N-dealkylation sites (tertiary alicyclic amines) is 1. The van der Waals surface area contributed by atoms with Gasteiger partial charge in [-0.25, -0.2) is 8.42 Å². The third kappa shape index (κ3) is 6.81. The molecule has 1 N–H and O–H groups in total. The summed E-state index contributed by atoms with van der Waals surface area (Å²) in [5.41, 5.74) is 3.44. The summed E-state index contributed by atoms with van der Waals surface area (Å²) in [4.78, 5) is 26.2. The fourth-order valence-corrected chi connectivity index (χ4v) is 4.63. The summed E-state index contributed by atoms with van der Waals surface area (Å²) >= 11 is 0. The highest BCUT2D eigenvalue weighted by Gasteiger charge is 2.22. The van der Waals surface area contributed by atoms with Crippen LogP contribution < -0.4 is 9.62 Å². The standard InChI is InChI=1S/C25H33N3O4S/c1-25(2,3)21-11-13-22(14-12-21)28(33(4,31)32)18-23(29)26-16-19-7-9-20(10-8-19)17-27-15-5-6-24(27)30/h7-14H,5-6,15-18H2,1-4H3,(H,26,29). The molecule has 8 heteroatoms. The second-order valence-electron chi connectivity index (χ2n) is 9.58. The Kier molecular flexibility index (Phi) is 7.47. The number of hydrogen-bond donors (Lipinski definition) is 1. The van der Waals surface area contributed by atoms with Crippen LogP contribution in [0.5, 0.6) is 0 Å². The maximum Gasteiger partial charge on any atom is 0.241 e. The lowest BCUT2D eigenvalue weighted by Crippen LogP contribution is -2.40. The molecule has 0 radical (unpaired) electrons. The number of carbonyl (C=O) groups is 2. The predicted molar refractivity (Wildman–Crippen MR) is 130 cm³/mol. The van der Waals surface area contributed by atoms with E-state index in [-0.39, 0.29) is 23.8 Å². The van der Waals surface area contributed by atoms with E-state index in [1.807, 2.05) is 41.3 Å². The molecule has 2 aromatic carbocycles. The number of amides is 2. The van der Waals surface area contributed by atoms with Crippen LogP contribution in [0.15, 0.2) is 48.5 Å². The topological polar surface area (TPSA) is 86.8 Å². The van der Waals surface area contributed by atoms with E-state index in [1.165, 1.54) is 0 Å². The Labute approximate surface area is 196 Å². The van der Waals surface area contributed by atoms with Crippen molar-refractivity contribution >= 4 is 27.5 Å². The zero-order valence-electron chi connectivity index (χ0n) is 19.8. The van der Waals surface area contributed by atoms with Gasteiger partial charge in [-0.05, 0) is 40.7 Å². The Morgan fingerprint density at radius 1 is 1.03 bits per heavy atom. The van der Waals surface area contributed by atoms with Crippen LogP contribution in [-0.4, -0.2) is 44.5 Å². The molecule has 1 heterocycles.